The summed E-state index contributed by atoms with van der Waals surface area (Å²) >= 11 is 0. The maximum atomic E-state index is 12.2. The molecule has 4 nitrogen and oxygen atoms in total. The summed E-state index contributed by atoms with van der Waals surface area (Å²) in [6, 6.07) is 4.01. The average Bonchev–Trinajstić information content (AvgIpc) is 3.02. The van der Waals surface area contributed by atoms with Crippen LogP contribution in [0.15, 0.2) is 24.5 Å². The average molecular weight is 259 g/mol. The predicted molar refractivity (Wildman–Crippen MR) is 73.6 cm³/mol. The van der Waals surface area contributed by atoms with Crippen molar-refractivity contribution in [2.45, 2.75) is 31.7 Å². The first-order chi connectivity index (χ1) is 9.34. The topological polar surface area (TPSA) is 54.0 Å². The van der Waals surface area contributed by atoms with E-state index in [9.17, 15) is 4.79 Å². The summed E-state index contributed by atoms with van der Waals surface area (Å²) in [5.41, 5.74) is 1.17. The van der Waals surface area contributed by atoms with E-state index in [-0.39, 0.29) is 11.9 Å². The van der Waals surface area contributed by atoms with Gasteiger partial charge >= 0.3 is 0 Å². The van der Waals surface area contributed by atoms with Crippen molar-refractivity contribution in [1.29, 1.82) is 0 Å². The highest BCUT2D eigenvalue weighted by Crippen LogP contribution is 2.37. The van der Waals surface area contributed by atoms with Crippen LogP contribution in [0.1, 0.15) is 24.8 Å². The monoisotopic (exact) mass is 259 g/mol. The summed E-state index contributed by atoms with van der Waals surface area (Å²) in [5, 5.41) is 6.44. The second kappa shape index (κ2) is 5.70. The Morgan fingerprint density at radius 3 is 3.26 bits per heavy atom. The smallest absolute Gasteiger partial charge is 0.237 e. The Hall–Kier alpha value is -1.42. The molecule has 1 aromatic heterocycles. The minimum absolute atomic E-state index is 0.0430. The van der Waals surface area contributed by atoms with Crippen LogP contribution in [0.4, 0.5) is 0 Å². The van der Waals surface area contributed by atoms with Gasteiger partial charge < -0.3 is 10.6 Å². The van der Waals surface area contributed by atoms with E-state index in [1.165, 1.54) is 24.8 Å². The molecule has 1 amide bonds. The Labute approximate surface area is 114 Å². The highest BCUT2D eigenvalue weighted by molar-refractivity contribution is 5.82. The molecule has 4 heteroatoms. The molecule has 3 atom stereocenters. The zero-order valence-corrected chi connectivity index (χ0v) is 11.1. The summed E-state index contributed by atoms with van der Waals surface area (Å²) in [6.07, 6.45) is 8.25. The van der Waals surface area contributed by atoms with Gasteiger partial charge in [0.15, 0.2) is 0 Å². The van der Waals surface area contributed by atoms with Gasteiger partial charge in [-0.05, 0) is 49.3 Å². The van der Waals surface area contributed by atoms with Gasteiger partial charge in [-0.3, -0.25) is 9.78 Å². The van der Waals surface area contributed by atoms with Gasteiger partial charge in [-0.2, -0.15) is 0 Å². The number of nitrogens with zero attached hydrogens (tertiary/aromatic N) is 1. The number of rotatable bonds is 4. The number of hydrogen-bond acceptors (Lipinski definition) is 3. The lowest BCUT2D eigenvalue weighted by Crippen LogP contribution is -2.44. The fourth-order valence-corrected chi connectivity index (χ4v) is 3.46. The van der Waals surface area contributed by atoms with Gasteiger partial charge in [-0.1, -0.05) is 12.5 Å². The zero-order chi connectivity index (χ0) is 13.1. The number of pyridine rings is 1. The Morgan fingerprint density at radius 2 is 2.42 bits per heavy atom. The first-order valence-electron chi connectivity index (χ1n) is 7.24. The van der Waals surface area contributed by atoms with Crippen molar-refractivity contribution >= 4 is 5.91 Å². The molecule has 1 aromatic rings. The van der Waals surface area contributed by atoms with E-state index in [0.717, 1.165) is 18.9 Å². The second-order valence-electron chi connectivity index (χ2n) is 5.64. The van der Waals surface area contributed by atoms with E-state index < -0.39 is 0 Å². The molecule has 0 radical (unpaired) electrons. The Kier molecular flexibility index (Phi) is 3.78. The van der Waals surface area contributed by atoms with Crippen molar-refractivity contribution in [2.75, 3.05) is 13.1 Å². The summed E-state index contributed by atoms with van der Waals surface area (Å²) in [7, 11) is 0. The highest BCUT2D eigenvalue weighted by Gasteiger charge is 2.42. The third-order valence-corrected chi connectivity index (χ3v) is 4.46. The Bertz CT molecular complexity index is 434. The largest absolute Gasteiger partial charge is 0.354 e. The summed E-state index contributed by atoms with van der Waals surface area (Å²) < 4.78 is 0. The molecule has 19 heavy (non-hydrogen) atoms. The number of carbonyl (C=O) groups is 1. The van der Waals surface area contributed by atoms with Crippen LogP contribution in [0, 0.1) is 11.8 Å². The minimum atomic E-state index is 0.0430. The molecular formula is C15H21N3O. The molecule has 0 spiro atoms. The lowest BCUT2D eigenvalue weighted by Gasteiger charge is -2.17. The van der Waals surface area contributed by atoms with Crippen LogP contribution < -0.4 is 10.6 Å². The molecule has 3 rings (SSSR count). The molecule has 2 fully saturated rings. The van der Waals surface area contributed by atoms with Crippen molar-refractivity contribution in [3.05, 3.63) is 30.1 Å². The van der Waals surface area contributed by atoms with E-state index >= 15 is 0 Å². The van der Waals surface area contributed by atoms with Gasteiger partial charge in [0.25, 0.3) is 0 Å². The third kappa shape index (κ3) is 2.78. The molecule has 1 saturated carbocycles. The number of carbonyl (C=O) groups excluding carboxylic acids is 1. The van der Waals surface area contributed by atoms with Crippen molar-refractivity contribution in [2.24, 2.45) is 11.8 Å². The zero-order valence-electron chi connectivity index (χ0n) is 11.1. The molecule has 102 valence electrons. The highest BCUT2D eigenvalue weighted by atomic mass is 16.2. The van der Waals surface area contributed by atoms with Crippen LogP contribution in [-0.2, 0) is 11.2 Å². The first-order valence-corrected chi connectivity index (χ1v) is 7.24. The van der Waals surface area contributed by atoms with E-state index in [4.69, 9.17) is 0 Å². The normalized spacial score (nSPS) is 29.2. The van der Waals surface area contributed by atoms with Crippen molar-refractivity contribution in [3.63, 3.8) is 0 Å². The van der Waals surface area contributed by atoms with Gasteiger partial charge in [-0.25, -0.2) is 0 Å². The molecule has 0 aromatic carbocycles. The molecule has 2 N–H and O–H groups in total. The number of nitrogens with one attached hydrogen (secondary N) is 2. The van der Waals surface area contributed by atoms with Crippen LogP contribution in [0.25, 0.3) is 0 Å². The van der Waals surface area contributed by atoms with E-state index in [2.05, 4.69) is 15.6 Å². The lowest BCUT2D eigenvalue weighted by atomic mass is 9.93. The number of aromatic nitrogens is 1. The molecule has 2 heterocycles. The minimum Gasteiger partial charge on any atom is -0.354 e. The van der Waals surface area contributed by atoms with Crippen LogP contribution in [0.2, 0.25) is 0 Å². The summed E-state index contributed by atoms with van der Waals surface area (Å²) in [4.78, 5) is 16.3. The Balaban J connectivity index is 1.47. The first kappa shape index (κ1) is 12.6. The molecular weight excluding hydrogens is 238 g/mol. The SMILES string of the molecule is O=C(NCCc1cccnc1)C1NCC2CCCC21. The number of amides is 1. The fraction of sp³-hybridized carbons (Fsp3) is 0.600. The van der Waals surface area contributed by atoms with Crippen LogP contribution in [0.3, 0.4) is 0 Å². The van der Waals surface area contributed by atoms with Gasteiger partial charge in [-0.15, -0.1) is 0 Å². The van der Waals surface area contributed by atoms with E-state index in [1.54, 1.807) is 6.20 Å². The van der Waals surface area contributed by atoms with Gasteiger partial charge in [0.2, 0.25) is 5.91 Å². The molecule has 1 aliphatic heterocycles. The van der Waals surface area contributed by atoms with Crippen LogP contribution in [-0.4, -0.2) is 30.0 Å². The standard InChI is InChI=1S/C15H21N3O/c19-15(14-13-5-1-4-12(13)10-18-14)17-8-6-11-3-2-7-16-9-11/h2-3,7,9,12-14,18H,1,4-6,8,10H2,(H,17,19). The van der Waals surface area contributed by atoms with Gasteiger partial charge in [0.05, 0.1) is 6.04 Å². The Morgan fingerprint density at radius 1 is 1.47 bits per heavy atom. The molecule has 3 unspecified atom stereocenters. The third-order valence-electron chi connectivity index (χ3n) is 4.46. The molecule has 0 bridgehead atoms. The number of fused-ring (bicyclic) bond motifs is 1. The summed E-state index contributed by atoms with van der Waals surface area (Å²) in [5.74, 6) is 1.48. The van der Waals surface area contributed by atoms with Crippen LogP contribution >= 0.6 is 0 Å². The van der Waals surface area contributed by atoms with Crippen molar-refractivity contribution < 1.29 is 4.79 Å². The summed E-state index contributed by atoms with van der Waals surface area (Å²) in [6.45, 7) is 1.71. The number of hydrogen-bond donors (Lipinski definition) is 2. The van der Waals surface area contributed by atoms with Crippen LogP contribution in [0.5, 0.6) is 0 Å². The fourth-order valence-electron chi connectivity index (χ4n) is 3.46. The maximum Gasteiger partial charge on any atom is 0.237 e. The lowest BCUT2D eigenvalue weighted by molar-refractivity contribution is -0.123. The molecule has 2 aliphatic rings. The second-order valence-corrected chi connectivity index (χ2v) is 5.64. The predicted octanol–water partition coefficient (Wildman–Crippen LogP) is 1.13. The maximum absolute atomic E-state index is 12.2. The quantitative estimate of drug-likeness (QED) is 0.852. The van der Waals surface area contributed by atoms with E-state index in [0.29, 0.717) is 12.5 Å². The molecule has 1 saturated heterocycles. The van der Waals surface area contributed by atoms with Gasteiger partial charge in [0, 0.05) is 18.9 Å². The van der Waals surface area contributed by atoms with E-state index in [1.807, 2.05) is 18.3 Å². The molecule has 1 aliphatic carbocycles. The van der Waals surface area contributed by atoms with Crippen molar-refractivity contribution in [3.8, 4) is 0 Å². The van der Waals surface area contributed by atoms with Crippen molar-refractivity contribution in [1.82, 2.24) is 15.6 Å². The van der Waals surface area contributed by atoms with Gasteiger partial charge in [0.1, 0.15) is 0 Å².